The Hall–Kier alpha value is -1.42. The highest BCUT2D eigenvalue weighted by molar-refractivity contribution is 6.33. The molecule has 1 saturated heterocycles. The fourth-order valence-electron chi connectivity index (χ4n) is 3.13. The topological polar surface area (TPSA) is 130 Å². The van der Waals surface area contributed by atoms with Crippen molar-refractivity contribution in [2.75, 3.05) is 26.2 Å². The van der Waals surface area contributed by atoms with Gasteiger partial charge in [-0.05, 0) is 55.1 Å². The van der Waals surface area contributed by atoms with Crippen molar-refractivity contribution in [2.45, 2.75) is 39.0 Å². The van der Waals surface area contributed by atoms with Crippen LogP contribution < -0.4 is 5.32 Å². The molecule has 2 unspecified atom stereocenters. The molecule has 0 radical (unpaired) electrons. The molecule has 0 bridgehead atoms. The summed E-state index contributed by atoms with van der Waals surface area (Å²) < 4.78 is 0. The number of nitrogens with zero attached hydrogens (tertiary/aromatic N) is 1. The summed E-state index contributed by atoms with van der Waals surface area (Å²) in [4.78, 5) is 22.1. The highest BCUT2D eigenvalue weighted by atomic mass is 35.5. The van der Waals surface area contributed by atoms with Gasteiger partial charge in [-0.3, -0.25) is 4.90 Å². The molecule has 1 aromatic rings. The van der Waals surface area contributed by atoms with Crippen molar-refractivity contribution in [2.24, 2.45) is 11.8 Å². The van der Waals surface area contributed by atoms with E-state index >= 15 is 0 Å². The number of carbonyl (C=O) groups is 2. The van der Waals surface area contributed by atoms with Crippen molar-refractivity contribution in [3.05, 3.63) is 33.8 Å². The molecule has 0 saturated carbocycles. The van der Waals surface area contributed by atoms with Crippen LogP contribution in [-0.4, -0.2) is 75.7 Å². The van der Waals surface area contributed by atoms with Crippen LogP contribution in [0.15, 0.2) is 18.2 Å². The number of carboxylic acid groups (broad SMARTS) is 2. The number of aliphatic carboxylic acids is 2. The minimum absolute atomic E-state index is 0.655. The summed E-state index contributed by atoms with van der Waals surface area (Å²) in [5.41, 5.74) is 1.13. The largest absolute Gasteiger partial charge is 0.479 e. The van der Waals surface area contributed by atoms with Crippen molar-refractivity contribution in [1.29, 1.82) is 0 Å². The fourth-order valence-corrected chi connectivity index (χ4v) is 3.50. The summed E-state index contributed by atoms with van der Waals surface area (Å²) in [6.45, 7) is 9.93. The van der Waals surface area contributed by atoms with Crippen LogP contribution in [0.5, 0.6) is 0 Å². The van der Waals surface area contributed by atoms with Crippen LogP contribution in [0, 0.1) is 11.8 Å². The monoisotopic (exact) mass is 464 g/mol. The molecule has 1 fully saturated rings. The third-order valence-corrected chi connectivity index (χ3v) is 5.11. The molecule has 10 heteroatoms. The zero-order valence-electron chi connectivity index (χ0n) is 17.1. The molecule has 8 nitrogen and oxygen atoms in total. The second-order valence-electron chi connectivity index (χ2n) is 7.75. The lowest BCUT2D eigenvalue weighted by atomic mass is 10.1. The smallest absolute Gasteiger partial charge is 0.335 e. The first kappa shape index (κ1) is 26.6. The van der Waals surface area contributed by atoms with Gasteiger partial charge in [0.1, 0.15) is 0 Å². The van der Waals surface area contributed by atoms with E-state index in [1.165, 1.54) is 6.42 Å². The van der Waals surface area contributed by atoms with Gasteiger partial charge in [0.05, 0.1) is 0 Å². The van der Waals surface area contributed by atoms with Crippen molar-refractivity contribution in [3.63, 3.8) is 0 Å². The van der Waals surface area contributed by atoms with E-state index in [4.69, 9.17) is 43.6 Å². The first-order chi connectivity index (χ1) is 14.0. The quantitative estimate of drug-likeness (QED) is 0.374. The van der Waals surface area contributed by atoms with Gasteiger partial charge in [-0.15, -0.1) is 0 Å². The Bertz CT molecular complexity index is 680. The van der Waals surface area contributed by atoms with Crippen LogP contribution in [0.3, 0.4) is 0 Å². The maximum absolute atomic E-state index is 9.77. The number of aliphatic hydroxyl groups is 2. The predicted molar refractivity (Wildman–Crippen MR) is 115 cm³/mol. The summed E-state index contributed by atoms with van der Waals surface area (Å²) in [5.74, 6) is -2.13. The molecule has 1 aromatic carbocycles. The van der Waals surface area contributed by atoms with E-state index < -0.39 is 24.1 Å². The molecular formula is C20H30Cl2N2O6. The number of benzene rings is 1. The highest BCUT2D eigenvalue weighted by Crippen LogP contribution is 2.23. The molecule has 3 atom stereocenters. The van der Waals surface area contributed by atoms with Gasteiger partial charge in [-0.1, -0.05) is 37.0 Å². The van der Waals surface area contributed by atoms with Crippen molar-refractivity contribution < 1.29 is 30.0 Å². The van der Waals surface area contributed by atoms with E-state index in [1.54, 1.807) is 0 Å². The summed E-state index contributed by atoms with van der Waals surface area (Å²) in [7, 11) is 0. The van der Waals surface area contributed by atoms with Crippen LogP contribution in [0.25, 0.3) is 0 Å². The van der Waals surface area contributed by atoms with Crippen LogP contribution in [-0.2, 0) is 16.1 Å². The molecule has 0 aromatic heterocycles. The Morgan fingerprint density at radius 2 is 1.77 bits per heavy atom. The second-order valence-corrected chi connectivity index (χ2v) is 8.59. The molecule has 30 heavy (non-hydrogen) atoms. The standard InChI is InChI=1S/C16H24Cl2N2.C4H6O6/c1-12(2)9-20(10-13-5-6-19-8-13)11-14-7-15(17)3-4-16(14)18;5-1(3(7)8)2(6)4(9)10/h3-4,7,12-13,19H,5-6,8-11H2,1-2H3;1-2,5-6H,(H,7,8)(H,9,10)/t13-;/m0./s1. The van der Waals surface area contributed by atoms with E-state index in [1.807, 2.05) is 18.2 Å². The Kier molecular flexibility index (Phi) is 11.6. The Balaban J connectivity index is 0.000000382. The summed E-state index contributed by atoms with van der Waals surface area (Å²) in [6, 6.07) is 5.73. The molecule has 170 valence electrons. The van der Waals surface area contributed by atoms with Gasteiger partial charge in [-0.25, -0.2) is 9.59 Å². The van der Waals surface area contributed by atoms with E-state index in [2.05, 4.69) is 24.1 Å². The Morgan fingerprint density at radius 1 is 1.17 bits per heavy atom. The number of hydrogen-bond donors (Lipinski definition) is 5. The SMILES string of the molecule is CC(C)CN(Cc1cc(Cl)ccc1Cl)C[C@H]1CCNC1.O=C(O)C(O)C(O)C(=O)O. The Labute approximate surface area is 186 Å². The van der Waals surface area contributed by atoms with Gasteiger partial charge in [0.2, 0.25) is 0 Å². The van der Waals surface area contributed by atoms with Gasteiger partial charge in [0.15, 0.2) is 12.2 Å². The molecule has 1 aliphatic rings. The van der Waals surface area contributed by atoms with Gasteiger partial charge < -0.3 is 25.7 Å². The summed E-state index contributed by atoms with van der Waals surface area (Å²) in [6.07, 6.45) is -3.26. The maximum atomic E-state index is 9.77. The van der Waals surface area contributed by atoms with Crippen molar-refractivity contribution >= 4 is 35.1 Å². The lowest BCUT2D eigenvalue weighted by Gasteiger charge is -2.27. The van der Waals surface area contributed by atoms with Gasteiger partial charge in [-0.2, -0.15) is 0 Å². The molecule has 2 rings (SSSR count). The van der Waals surface area contributed by atoms with Crippen LogP contribution in [0.1, 0.15) is 25.8 Å². The van der Waals surface area contributed by atoms with Gasteiger partial charge >= 0.3 is 11.9 Å². The van der Waals surface area contributed by atoms with Gasteiger partial charge in [0, 0.05) is 29.7 Å². The normalized spacial score (nSPS) is 18.1. The molecular weight excluding hydrogens is 435 g/mol. The zero-order valence-corrected chi connectivity index (χ0v) is 18.6. The lowest BCUT2D eigenvalue weighted by Crippen LogP contribution is -2.39. The first-order valence-electron chi connectivity index (χ1n) is 9.70. The molecule has 1 heterocycles. The minimum Gasteiger partial charge on any atom is -0.479 e. The van der Waals surface area contributed by atoms with Crippen LogP contribution in [0.4, 0.5) is 0 Å². The van der Waals surface area contributed by atoms with Crippen molar-refractivity contribution in [1.82, 2.24) is 10.2 Å². The molecule has 0 amide bonds. The second kappa shape index (κ2) is 13.1. The lowest BCUT2D eigenvalue weighted by molar-refractivity contribution is -0.165. The minimum atomic E-state index is -2.27. The first-order valence-corrected chi connectivity index (χ1v) is 10.5. The molecule has 5 N–H and O–H groups in total. The van der Waals surface area contributed by atoms with Crippen LogP contribution >= 0.6 is 23.2 Å². The highest BCUT2D eigenvalue weighted by Gasteiger charge is 2.29. The molecule has 0 spiro atoms. The zero-order chi connectivity index (χ0) is 22.8. The Morgan fingerprint density at radius 3 is 2.23 bits per heavy atom. The fraction of sp³-hybridized carbons (Fsp3) is 0.600. The average molecular weight is 465 g/mol. The van der Waals surface area contributed by atoms with Crippen LogP contribution in [0.2, 0.25) is 10.0 Å². The summed E-state index contributed by atoms with van der Waals surface area (Å²) in [5, 5.41) is 37.5. The van der Waals surface area contributed by atoms with E-state index in [9.17, 15) is 9.59 Å². The number of halogens is 2. The number of carboxylic acids is 2. The number of hydrogen-bond acceptors (Lipinski definition) is 6. The van der Waals surface area contributed by atoms with Gasteiger partial charge in [0.25, 0.3) is 0 Å². The van der Waals surface area contributed by atoms with E-state index in [0.29, 0.717) is 5.92 Å². The predicted octanol–water partition coefficient (Wildman–Crippen LogP) is 1.94. The number of rotatable bonds is 9. The van der Waals surface area contributed by atoms with E-state index in [-0.39, 0.29) is 0 Å². The number of aliphatic hydroxyl groups excluding tert-OH is 2. The van der Waals surface area contributed by atoms with E-state index in [0.717, 1.165) is 54.3 Å². The average Bonchev–Trinajstić information content (AvgIpc) is 3.16. The molecule has 1 aliphatic heterocycles. The third kappa shape index (κ3) is 9.59. The van der Waals surface area contributed by atoms with Crippen molar-refractivity contribution in [3.8, 4) is 0 Å². The third-order valence-electron chi connectivity index (χ3n) is 4.51. The maximum Gasteiger partial charge on any atom is 0.335 e. The summed E-state index contributed by atoms with van der Waals surface area (Å²) >= 11 is 12.4. The molecule has 0 aliphatic carbocycles. The number of nitrogens with one attached hydrogen (secondary N) is 1.